The molecule has 0 saturated heterocycles. The Labute approximate surface area is 165 Å². The van der Waals surface area contributed by atoms with Gasteiger partial charge in [-0.1, -0.05) is 37.3 Å². The second-order valence-electron chi connectivity index (χ2n) is 6.33. The number of benzene rings is 1. The van der Waals surface area contributed by atoms with Gasteiger partial charge in [0.05, 0.1) is 18.0 Å². The van der Waals surface area contributed by atoms with E-state index in [1.54, 1.807) is 13.2 Å². The van der Waals surface area contributed by atoms with Crippen LogP contribution in [0.25, 0.3) is 16.6 Å². The summed E-state index contributed by atoms with van der Waals surface area (Å²) in [5, 5.41) is 11.1. The van der Waals surface area contributed by atoms with Crippen LogP contribution in [0.5, 0.6) is 5.75 Å². The first-order valence-corrected chi connectivity index (χ1v) is 9.44. The van der Waals surface area contributed by atoms with Gasteiger partial charge in [-0.05, 0) is 31.6 Å². The van der Waals surface area contributed by atoms with Crippen molar-refractivity contribution in [3.8, 4) is 5.75 Å². The summed E-state index contributed by atoms with van der Waals surface area (Å²) >= 11 is 0. The molecule has 0 saturated carbocycles. The highest BCUT2D eigenvalue weighted by Gasteiger charge is 2.18. The van der Waals surface area contributed by atoms with Crippen LogP contribution >= 0.6 is 0 Å². The lowest BCUT2D eigenvalue weighted by atomic mass is 10.1. The number of hydrogen-bond donors (Lipinski definition) is 1. The number of methoxy groups -OCH3 is 1. The Hall–Kier alpha value is -3.05. The molecular formula is C23H26N2O3. The normalized spacial score (nSPS) is 16.0. The predicted octanol–water partition coefficient (Wildman–Crippen LogP) is 4.97. The largest absolute Gasteiger partial charge is 0.506 e. The zero-order valence-corrected chi connectivity index (χ0v) is 16.6. The van der Waals surface area contributed by atoms with E-state index in [9.17, 15) is 5.11 Å². The fourth-order valence-electron chi connectivity index (χ4n) is 3.10. The van der Waals surface area contributed by atoms with Crippen LogP contribution in [0.15, 0.2) is 72.3 Å². The Balaban J connectivity index is 1.93. The van der Waals surface area contributed by atoms with Crippen molar-refractivity contribution in [3.63, 3.8) is 0 Å². The molecule has 2 heterocycles. The Morgan fingerprint density at radius 2 is 2.07 bits per heavy atom. The van der Waals surface area contributed by atoms with Crippen LogP contribution < -0.4 is 0 Å². The van der Waals surface area contributed by atoms with E-state index < -0.39 is 0 Å². The minimum absolute atomic E-state index is 0.182. The number of ether oxygens (including phenoxy) is 2. The summed E-state index contributed by atoms with van der Waals surface area (Å²) in [5.41, 5.74) is 3.35. The Morgan fingerprint density at radius 3 is 2.82 bits per heavy atom. The van der Waals surface area contributed by atoms with Crippen LogP contribution in [-0.2, 0) is 9.47 Å². The van der Waals surface area contributed by atoms with E-state index in [1.807, 2.05) is 55.6 Å². The van der Waals surface area contributed by atoms with Crippen LogP contribution in [0.4, 0.5) is 0 Å². The van der Waals surface area contributed by atoms with Crippen LogP contribution in [0.2, 0.25) is 0 Å². The van der Waals surface area contributed by atoms with Gasteiger partial charge >= 0.3 is 0 Å². The zero-order valence-electron chi connectivity index (χ0n) is 16.6. The number of phenols is 1. The molecule has 1 aliphatic heterocycles. The number of hydrogen-bond acceptors (Lipinski definition) is 5. The molecule has 3 rings (SSSR count). The van der Waals surface area contributed by atoms with E-state index >= 15 is 0 Å². The molecule has 0 spiro atoms. The van der Waals surface area contributed by atoms with Crippen LogP contribution in [-0.4, -0.2) is 35.3 Å². The molecule has 0 aliphatic carbocycles. The van der Waals surface area contributed by atoms with Gasteiger partial charge in [0, 0.05) is 30.5 Å². The molecule has 1 aromatic carbocycles. The molecule has 5 nitrogen and oxygen atoms in total. The SMILES string of the molecule is C/C=C(/c1ccc2cccc(O)c2n1)N1C=CC(OCCOC)=C/C1=C\CC. The highest BCUT2D eigenvalue weighted by molar-refractivity contribution is 5.86. The smallest absolute Gasteiger partial charge is 0.141 e. The predicted molar refractivity (Wildman–Crippen MR) is 112 cm³/mol. The van der Waals surface area contributed by atoms with Gasteiger partial charge in [0.25, 0.3) is 0 Å². The fourth-order valence-corrected chi connectivity index (χ4v) is 3.10. The van der Waals surface area contributed by atoms with Crippen molar-refractivity contribution in [1.82, 2.24) is 9.88 Å². The maximum Gasteiger partial charge on any atom is 0.141 e. The average molecular weight is 378 g/mol. The maximum atomic E-state index is 10.2. The van der Waals surface area contributed by atoms with Crippen molar-refractivity contribution < 1.29 is 14.6 Å². The summed E-state index contributed by atoms with van der Waals surface area (Å²) < 4.78 is 10.8. The van der Waals surface area contributed by atoms with Gasteiger partial charge < -0.3 is 19.5 Å². The van der Waals surface area contributed by atoms with E-state index in [2.05, 4.69) is 17.9 Å². The molecule has 1 aliphatic rings. The third-order valence-electron chi connectivity index (χ3n) is 4.42. The minimum atomic E-state index is 0.182. The van der Waals surface area contributed by atoms with Crippen LogP contribution in [0.3, 0.4) is 0 Å². The van der Waals surface area contributed by atoms with E-state index in [4.69, 9.17) is 14.5 Å². The fraction of sp³-hybridized carbons (Fsp3) is 0.261. The summed E-state index contributed by atoms with van der Waals surface area (Å²) in [6.07, 6.45) is 11.0. The van der Waals surface area contributed by atoms with Crippen LogP contribution in [0.1, 0.15) is 26.0 Å². The van der Waals surface area contributed by atoms with E-state index in [0.717, 1.165) is 34.7 Å². The number of pyridine rings is 1. The van der Waals surface area contributed by atoms with Gasteiger partial charge in [0.2, 0.25) is 0 Å². The minimum Gasteiger partial charge on any atom is -0.506 e. The van der Waals surface area contributed by atoms with E-state index in [0.29, 0.717) is 18.7 Å². The molecule has 2 aromatic rings. The summed E-state index contributed by atoms with van der Waals surface area (Å²) in [5.74, 6) is 0.981. The van der Waals surface area contributed by atoms with Crippen LogP contribution in [0, 0.1) is 0 Å². The molecule has 28 heavy (non-hydrogen) atoms. The van der Waals surface area contributed by atoms with Crippen molar-refractivity contribution >= 4 is 16.6 Å². The monoisotopic (exact) mass is 378 g/mol. The van der Waals surface area contributed by atoms with Crippen molar-refractivity contribution in [2.75, 3.05) is 20.3 Å². The highest BCUT2D eigenvalue weighted by Crippen LogP contribution is 2.31. The third kappa shape index (κ3) is 4.26. The highest BCUT2D eigenvalue weighted by atomic mass is 16.5. The van der Waals surface area contributed by atoms with E-state index in [1.165, 1.54) is 0 Å². The van der Waals surface area contributed by atoms with Gasteiger partial charge in [-0.3, -0.25) is 0 Å². The molecule has 146 valence electrons. The van der Waals surface area contributed by atoms with Crippen molar-refractivity contribution in [2.24, 2.45) is 0 Å². The number of para-hydroxylation sites is 1. The molecule has 0 unspecified atom stereocenters. The van der Waals surface area contributed by atoms with Crippen molar-refractivity contribution in [2.45, 2.75) is 20.3 Å². The summed E-state index contributed by atoms with van der Waals surface area (Å²) in [4.78, 5) is 6.79. The number of rotatable bonds is 7. The number of phenolic OH excluding ortho intramolecular Hbond substituents is 1. The van der Waals surface area contributed by atoms with Gasteiger partial charge in [0.15, 0.2) is 0 Å². The molecule has 0 amide bonds. The van der Waals surface area contributed by atoms with Crippen molar-refractivity contribution in [1.29, 1.82) is 0 Å². The first-order valence-electron chi connectivity index (χ1n) is 9.44. The Kier molecular flexibility index (Phi) is 6.50. The van der Waals surface area contributed by atoms with Gasteiger partial charge in [-0.2, -0.15) is 0 Å². The molecule has 0 fully saturated rings. The molecule has 0 bridgehead atoms. The molecule has 1 aromatic heterocycles. The Morgan fingerprint density at radius 1 is 1.21 bits per heavy atom. The topological polar surface area (TPSA) is 54.8 Å². The van der Waals surface area contributed by atoms with Gasteiger partial charge in [-0.15, -0.1) is 0 Å². The summed E-state index contributed by atoms with van der Waals surface area (Å²) in [6.45, 7) is 5.14. The number of nitrogens with zero attached hydrogens (tertiary/aromatic N) is 2. The second kappa shape index (κ2) is 9.24. The summed E-state index contributed by atoms with van der Waals surface area (Å²) in [6, 6.07) is 9.37. The quantitative estimate of drug-likeness (QED) is 0.689. The lowest BCUT2D eigenvalue weighted by molar-refractivity contribution is 0.114. The molecule has 0 radical (unpaired) electrons. The van der Waals surface area contributed by atoms with Gasteiger partial charge in [0.1, 0.15) is 23.6 Å². The Bertz CT molecular complexity index is 957. The number of aromatic hydroxyl groups is 1. The summed E-state index contributed by atoms with van der Waals surface area (Å²) in [7, 11) is 1.66. The van der Waals surface area contributed by atoms with E-state index in [-0.39, 0.29) is 5.75 Å². The first kappa shape index (κ1) is 19.7. The zero-order chi connectivity index (χ0) is 19.9. The average Bonchev–Trinajstić information content (AvgIpc) is 2.71. The number of fused-ring (bicyclic) bond motifs is 1. The first-order chi connectivity index (χ1) is 13.7. The lowest BCUT2D eigenvalue weighted by Gasteiger charge is -2.28. The molecule has 5 heteroatoms. The molecular weight excluding hydrogens is 352 g/mol. The second-order valence-corrected chi connectivity index (χ2v) is 6.33. The maximum absolute atomic E-state index is 10.2. The molecule has 0 atom stereocenters. The van der Waals surface area contributed by atoms with Crippen molar-refractivity contribution in [3.05, 3.63) is 78.0 Å². The molecule has 1 N–H and O–H groups in total. The van der Waals surface area contributed by atoms with Gasteiger partial charge in [-0.25, -0.2) is 4.98 Å². The lowest BCUT2D eigenvalue weighted by Crippen LogP contribution is -2.18. The third-order valence-corrected chi connectivity index (χ3v) is 4.42. The number of aromatic nitrogens is 1. The number of allylic oxidation sites excluding steroid dienone is 4. The standard InChI is InChI=1S/C23H26N2O3/c1-4-7-18-16-19(28-15-14-27-3)12-13-25(18)21(5-2)20-11-10-17-8-6-9-22(26)23(17)24-20/h5-13,16,26H,4,14-15H2,1-3H3/b18-7+,21-5-.